The van der Waals surface area contributed by atoms with Crippen molar-refractivity contribution in [2.24, 2.45) is 0 Å². The maximum atomic E-state index is 11.5. The Morgan fingerprint density at radius 3 is 2.76 bits per heavy atom. The highest BCUT2D eigenvalue weighted by atomic mass is 16.5. The summed E-state index contributed by atoms with van der Waals surface area (Å²) in [6.07, 6.45) is 2.75. The number of ether oxygens (including phenoxy) is 1. The summed E-state index contributed by atoms with van der Waals surface area (Å²) in [5, 5.41) is 5.28. The molecule has 0 unspecified atom stereocenters. The minimum atomic E-state index is -0.281. The summed E-state index contributed by atoms with van der Waals surface area (Å²) >= 11 is 0. The third kappa shape index (κ3) is 3.07. The lowest BCUT2D eigenvalue weighted by molar-refractivity contribution is -0.138. The van der Waals surface area contributed by atoms with Crippen LogP contribution in [-0.2, 0) is 16.0 Å². The molecule has 21 heavy (non-hydrogen) atoms. The number of aryl methyl sites for hydroxylation is 1. The van der Waals surface area contributed by atoms with Gasteiger partial charge in [-0.3, -0.25) is 4.79 Å². The number of aromatic nitrogens is 1. The van der Waals surface area contributed by atoms with Crippen LogP contribution >= 0.6 is 0 Å². The average Bonchev–Trinajstić information content (AvgIpc) is 2.52. The van der Waals surface area contributed by atoms with Crippen LogP contribution < -0.4 is 10.2 Å². The molecule has 1 aromatic heterocycles. The van der Waals surface area contributed by atoms with Gasteiger partial charge in [0.15, 0.2) is 0 Å². The van der Waals surface area contributed by atoms with E-state index in [1.807, 2.05) is 19.0 Å². The Hall–Kier alpha value is -2.30. The number of likely N-dealkylation sites (N-methyl/N-ethyl adjacent to an activating group) is 1. The molecule has 0 bridgehead atoms. The molecule has 2 aromatic rings. The number of pyridine rings is 1. The van der Waals surface area contributed by atoms with Crippen LogP contribution in [0.25, 0.3) is 10.8 Å². The van der Waals surface area contributed by atoms with Gasteiger partial charge in [-0.1, -0.05) is 19.1 Å². The van der Waals surface area contributed by atoms with E-state index in [4.69, 9.17) is 4.74 Å². The zero-order valence-corrected chi connectivity index (χ0v) is 12.9. The van der Waals surface area contributed by atoms with E-state index in [-0.39, 0.29) is 12.5 Å². The molecular weight excluding hydrogens is 266 g/mol. The Balaban J connectivity index is 2.54. The molecule has 0 saturated carbocycles. The molecule has 5 nitrogen and oxygen atoms in total. The van der Waals surface area contributed by atoms with E-state index in [1.165, 1.54) is 12.7 Å². The molecule has 0 aliphatic heterocycles. The Labute approximate surface area is 124 Å². The van der Waals surface area contributed by atoms with Gasteiger partial charge in [0, 0.05) is 24.9 Å². The van der Waals surface area contributed by atoms with E-state index >= 15 is 0 Å². The van der Waals surface area contributed by atoms with Crippen molar-refractivity contribution < 1.29 is 9.53 Å². The SMILES string of the molecule is CCc1ccc2c(NC)cnc(N(C)CC(=O)OC)c2c1. The maximum Gasteiger partial charge on any atom is 0.325 e. The second-order valence-corrected chi connectivity index (χ2v) is 4.91. The Morgan fingerprint density at radius 1 is 1.38 bits per heavy atom. The second kappa shape index (κ2) is 6.43. The molecule has 0 radical (unpaired) electrons. The van der Waals surface area contributed by atoms with Crippen LogP contribution in [0.5, 0.6) is 0 Å². The summed E-state index contributed by atoms with van der Waals surface area (Å²) in [4.78, 5) is 17.8. The predicted molar refractivity (Wildman–Crippen MR) is 86.0 cm³/mol. The molecule has 2 rings (SSSR count). The number of esters is 1. The first-order valence-electron chi connectivity index (χ1n) is 6.98. The summed E-state index contributed by atoms with van der Waals surface area (Å²) in [6.45, 7) is 2.29. The largest absolute Gasteiger partial charge is 0.468 e. The number of fused-ring (bicyclic) bond motifs is 1. The Morgan fingerprint density at radius 2 is 2.14 bits per heavy atom. The summed E-state index contributed by atoms with van der Waals surface area (Å²) in [5.74, 6) is 0.501. The van der Waals surface area contributed by atoms with Crippen molar-refractivity contribution in [1.82, 2.24) is 4.98 Å². The molecule has 0 aliphatic rings. The smallest absolute Gasteiger partial charge is 0.325 e. The van der Waals surface area contributed by atoms with Crippen molar-refractivity contribution in [1.29, 1.82) is 0 Å². The van der Waals surface area contributed by atoms with E-state index < -0.39 is 0 Å². The number of hydrogen-bond donors (Lipinski definition) is 1. The van der Waals surface area contributed by atoms with Crippen LogP contribution in [0.3, 0.4) is 0 Å². The average molecular weight is 287 g/mol. The van der Waals surface area contributed by atoms with Gasteiger partial charge in [0.05, 0.1) is 19.0 Å². The van der Waals surface area contributed by atoms with Crippen LogP contribution in [0, 0.1) is 0 Å². The molecule has 0 saturated heterocycles. The van der Waals surface area contributed by atoms with Crippen LogP contribution in [0.4, 0.5) is 11.5 Å². The van der Waals surface area contributed by atoms with Crippen molar-refractivity contribution in [3.05, 3.63) is 30.0 Å². The normalized spacial score (nSPS) is 10.5. The van der Waals surface area contributed by atoms with Crippen LogP contribution in [0.15, 0.2) is 24.4 Å². The zero-order valence-electron chi connectivity index (χ0n) is 12.9. The molecule has 0 spiro atoms. The van der Waals surface area contributed by atoms with E-state index in [0.29, 0.717) is 0 Å². The molecule has 0 fully saturated rings. The number of nitrogens with one attached hydrogen (secondary N) is 1. The molecule has 112 valence electrons. The predicted octanol–water partition coefficient (Wildman–Crippen LogP) is 2.45. The van der Waals surface area contributed by atoms with Gasteiger partial charge >= 0.3 is 5.97 Å². The first-order chi connectivity index (χ1) is 10.1. The van der Waals surface area contributed by atoms with Crippen molar-refractivity contribution >= 4 is 28.2 Å². The number of nitrogens with zero attached hydrogens (tertiary/aromatic N) is 2. The van der Waals surface area contributed by atoms with Crippen LogP contribution in [-0.4, -0.2) is 38.7 Å². The fraction of sp³-hybridized carbons (Fsp3) is 0.375. The standard InChI is InChI=1S/C16H21N3O2/c1-5-11-6-7-12-13(8-11)16(18-9-14(12)17-2)19(3)10-15(20)21-4/h6-9,17H,5,10H2,1-4H3. The molecule has 1 heterocycles. The van der Waals surface area contributed by atoms with Crippen molar-refractivity contribution in [3.63, 3.8) is 0 Å². The number of carbonyl (C=O) groups is 1. The highest BCUT2D eigenvalue weighted by molar-refractivity contribution is 6.01. The quantitative estimate of drug-likeness (QED) is 0.856. The minimum Gasteiger partial charge on any atom is -0.468 e. The first-order valence-corrected chi connectivity index (χ1v) is 6.98. The second-order valence-electron chi connectivity index (χ2n) is 4.91. The maximum absolute atomic E-state index is 11.5. The monoisotopic (exact) mass is 287 g/mol. The lowest BCUT2D eigenvalue weighted by atomic mass is 10.0. The number of hydrogen-bond acceptors (Lipinski definition) is 5. The fourth-order valence-corrected chi connectivity index (χ4v) is 2.33. The van der Waals surface area contributed by atoms with Crippen molar-refractivity contribution in [2.45, 2.75) is 13.3 Å². The van der Waals surface area contributed by atoms with Gasteiger partial charge in [-0.25, -0.2) is 4.98 Å². The highest BCUT2D eigenvalue weighted by Crippen LogP contribution is 2.30. The van der Waals surface area contributed by atoms with Gasteiger partial charge in [-0.15, -0.1) is 0 Å². The van der Waals surface area contributed by atoms with Gasteiger partial charge in [0.1, 0.15) is 12.4 Å². The molecule has 0 amide bonds. The Bertz CT molecular complexity index is 655. The number of anilines is 2. The van der Waals surface area contributed by atoms with E-state index in [2.05, 4.69) is 35.4 Å². The topological polar surface area (TPSA) is 54.5 Å². The van der Waals surface area contributed by atoms with Gasteiger partial charge in [-0.2, -0.15) is 0 Å². The lowest BCUT2D eigenvalue weighted by Crippen LogP contribution is -2.27. The Kier molecular flexibility index (Phi) is 4.62. The molecule has 0 atom stereocenters. The number of methoxy groups -OCH3 is 1. The highest BCUT2D eigenvalue weighted by Gasteiger charge is 2.14. The van der Waals surface area contributed by atoms with E-state index in [0.717, 1.165) is 28.7 Å². The van der Waals surface area contributed by atoms with Crippen molar-refractivity contribution in [3.8, 4) is 0 Å². The summed E-state index contributed by atoms with van der Waals surface area (Å²) in [5.41, 5.74) is 2.22. The molecule has 5 heteroatoms. The zero-order chi connectivity index (χ0) is 15.4. The van der Waals surface area contributed by atoms with Gasteiger partial charge in [-0.05, 0) is 18.1 Å². The van der Waals surface area contributed by atoms with E-state index in [9.17, 15) is 4.79 Å². The van der Waals surface area contributed by atoms with Gasteiger partial charge in [0.2, 0.25) is 0 Å². The summed E-state index contributed by atoms with van der Waals surface area (Å²) in [6, 6.07) is 6.34. The van der Waals surface area contributed by atoms with Crippen LogP contribution in [0.1, 0.15) is 12.5 Å². The number of rotatable bonds is 5. The van der Waals surface area contributed by atoms with Gasteiger partial charge in [0.25, 0.3) is 0 Å². The molecule has 0 aliphatic carbocycles. The molecule has 1 aromatic carbocycles. The third-order valence-electron chi connectivity index (χ3n) is 3.56. The number of benzene rings is 1. The fourth-order valence-electron chi connectivity index (χ4n) is 2.33. The minimum absolute atomic E-state index is 0.174. The lowest BCUT2D eigenvalue weighted by Gasteiger charge is -2.20. The van der Waals surface area contributed by atoms with Crippen molar-refractivity contribution in [2.75, 3.05) is 38.0 Å². The first kappa shape index (κ1) is 15.1. The number of carbonyl (C=O) groups excluding carboxylic acids is 1. The van der Waals surface area contributed by atoms with Gasteiger partial charge < -0.3 is 15.0 Å². The third-order valence-corrected chi connectivity index (χ3v) is 3.56. The van der Waals surface area contributed by atoms with Crippen LogP contribution in [0.2, 0.25) is 0 Å². The molecule has 1 N–H and O–H groups in total. The summed E-state index contributed by atoms with van der Waals surface area (Å²) < 4.78 is 4.72. The summed E-state index contributed by atoms with van der Waals surface area (Å²) in [7, 11) is 5.11. The molecular formula is C16H21N3O2. The van der Waals surface area contributed by atoms with E-state index in [1.54, 1.807) is 6.20 Å².